The molecule has 3 nitrogen and oxygen atoms in total. The second kappa shape index (κ2) is 8.78. The number of aliphatic hydroxyl groups excluding tert-OH is 1. The third-order valence-corrected chi connectivity index (χ3v) is 7.83. The van der Waals surface area contributed by atoms with Gasteiger partial charge < -0.3 is 10.0 Å². The summed E-state index contributed by atoms with van der Waals surface area (Å²) in [6.07, 6.45) is 7.83. The standard InChI is InChI=1S/C28H37NO2/c1-19-10-11-22-12-13-24-26(28(22,3)4)25(18-20(2)17-23(30)16-19)29(27(24)31)15-14-21-8-6-5-7-9-21/h5-9,17,22-23,25,30H,1,10-16,18H2,2-4H3/b20-17-/t22-,23+,25-/m1/s1. The summed E-state index contributed by atoms with van der Waals surface area (Å²) in [5.74, 6) is 0.795. The first-order valence-electron chi connectivity index (χ1n) is 11.9. The van der Waals surface area contributed by atoms with Gasteiger partial charge in [0.1, 0.15) is 0 Å². The zero-order chi connectivity index (χ0) is 22.2. The van der Waals surface area contributed by atoms with Crippen LogP contribution < -0.4 is 0 Å². The number of rotatable bonds is 3. The highest BCUT2D eigenvalue weighted by Crippen LogP contribution is 2.53. The summed E-state index contributed by atoms with van der Waals surface area (Å²) in [5, 5.41) is 10.5. The summed E-state index contributed by atoms with van der Waals surface area (Å²) in [4.78, 5) is 15.7. The molecule has 3 heteroatoms. The van der Waals surface area contributed by atoms with Crippen molar-refractivity contribution in [2.24, 2.45) is 11.3 Å². The second-order valence-electron chi connectivity index (χ2n) is 10.4. The van der Waals surface area contributed by atoms with Crippen LogP contribution in [0.1, 0.15) is 64.9 Å². The van der Waals surface area contributed by atoms with Crippen LogP contribution in [0.2, 0.25) is 0 Å². The Balaban J connectivity index is 1.69. The van der Waals surface area contributed by atoms with Crippen molar-refractivity contribution < 1.29 is 9.90 Å². The van der Waals surface area contributed by atoms with Crippen molar-refractivity contribution >= 4 is 5.91 Å². The largest absolute Gasteiger partial charge is 0.389 e. The van der Waals surface area contributed by atoms with Crippen LogP contribution in [0, 0.1) is 11.3 Å². The number of hydrogen-bond acceptors (Lipinski definition) is 2. The van der Waals surface area contributed by atoms with E-state index < -0.39 is 6.10 Å². The highest BCUT2D eigenvalue weighted by Gasteiger charge is 2.49. The minimum Gasteiger partial charge on any atom is -0.389 e. The van der Waals surface area contributed by atoms with Crippen LogP contribution in [-0.4, -0.2) is 34.6 Å². The molecule has 0 saturated heterocycles. The fourth-order valence-electron chi connectivity index (χ4n) is 6.15. The molecular weight excluding hydrogens is 382 g/mol. The molecule has 1 aromatic rings. The third-order valence-electron chi connectivity index (χ3n) is 7.83. The second-order valence-corrected chi connectivity index (χ2v) is 10.4. The minimum absolute atomic E-state index is 0.00772. The van der Waals surface area contributed by atoms with E-state index in [0.717, 1.165) is 61.8 Å². The zero-order valence-corrected chi connectivity index (χ0v) is 19.4. The lowest BCUT2D eigenvalue weighted by atomic mass is 9.62. The molecule has 1 heterocycles. The van der Waals surface area contributed by atoms with Crippen LogP contribution >= 0.6 is 0 Å². The van der Waals surface area contributed by atoms with Gasteiger partial charge in [-0.15, -0.1) is 0 Å². The summed E-state index contributed by atoms with van der Waals surface area (Å²) in [7, 11) is 0. The number of hydrogen-bond donors (Lipinski definition) is 1. The molecule has 0 fully saturated rings. The number of amides is 1. The van der Waals surface area contributed by atoms with Gasteiger partial charge in [-0.05, 0) is 74.3 Å². The van der Waals surface area contributed by atoms with Crippen LogP contribution in [0.15, 0.2) is 65.3 Å². The van der Waals surface area contributed by atoms with Gasteiger partial charge in [0, 0.05) is 12.1 Å². The molecule has 166 valence electrons. The normalized spacial score (nSPS) is 30.5. The molecule has 3 aliphatic rings. The van der Waals surface area contributed by atoms with Gasteiger partial charge in [0.05, 0.1) is 12.1 Å². The maximum atomic E-state index is 13.6. The Hall–Kier alpha value is -2.13. The van der Waals surface area contributed by atoms with Gasteiger partial charge in [0.15, 0.2) is 0 Å². The number of carbonyl (C=O) groups excluding carboxylic acids is 1. The Morgan fingerprint density at radius 3 is 2.58 bits per heavy atom. The minimum atomic E-state index is -0.483. The van der Waals surface area contributed by atoms with Crippen molar-refractivity contribution in [3.05, 3.63) is 70.8 Å². The first-order chi connectivity index (χ1) is 14.8. The van der Waals surface area contributed by atoms with E-state index in [-0.39, 0.29) is 17.4 Å². The molecule has 2 aliphatic carbocycles. The van der Waals surface area contributed by atoms with Crippen molar-refractivity contribution in [3.63, 3.8) is 0 Å². The van der Waals surface area contributed by atoms with Crippen LogP contribution in [0.25, 0.3) is 0 Å². The Labute approximate surface area is 187 Å². The molecule has 0 unspecified atom stereocenters. The first kappa shape index (κ1) is 22.1. The number of benzene rings is 1. The van der Waals surface area contributed by atoms with E-state index in [2.05, 4.69) is 56.5 Å². The van der Waals surface area contributed by atoms with Gasteiger partial charge in [-0.25, -0.2) is 0 Å². The van der Waals surface area contributed by atoms with Crippen molar-refractivity contribution in [3.8, 4) is 0 Å². The average molecular weight is 420 g/mol. The lowest BCUT2D eigenvalue weighted by Crippen LogP contribution is -2.41. The predicted octanol–water partition coefficient (Wildman–Crippen LogP) is 5.61. The van der Waals surface area contributed by atoms with E-state index in [1.165, 1.54) is 11.1 Å². The zero-order valence-electron chi connectivity index (χ0n) is 19.4. The van der Waals surface area contributed by atoms with Gasteiger partial charge in [-0.3, -0.25) is 4.79 Å². The molecule has 0 saturated carbocycles. The van der Waals surface area contributed by atoms with E-state index in [1.54, 1.807) is 0 Å². The summed E-state index contributed by atoms with van der Waals surface area (Å²) >= 11 is 0. The lowest BCUT2D eigenvalue weighted by molar-refractivity contribution is -0.127. The predicted molar refractivity (Wildman–Crippen MR) is 127 cm³/mol. The molecule has 0 radical (unpaired) electrons. The molecule has 0 aromatic heterocycles. The molecule has 31 heavy (non-hydrogen) atoms. The molecule has 4 rings (SSSR count). The first-order valence-corrected chi connectivity index (χ1v) is 11.9. The van der Waals surface area contributed by atoms with Crippen molar-refractivity contribution in [2.75, 3.05) is 6.54 Å². The van der Waals surface area contributed by atoms with Gasteiger partial charge >= 0.3 is 0 Å². The van der Waals surface area contributed by atoms with E-state index in [4.69, 9.17) is 0 Å². The van der Waals surface area contributed by atoms with Crippen LogP contribution in [0.3, 0.4) is 0 Å². The molecular formula is C28H37NO2. The van der Waals surface area contributed by atoms with Crippen molar-refractivity contribution in [1.29, 1.82) is 0 Å². The molecule has 1 N–H and O–H groups in total. The maximum Gasteiger partial charge on any atom is 0.250 e. The van der Waals surface area contributed by atoms with Crippen LogP contribution in [0.4, 0.5) is 0 Å². The van der Waals surface area contributed by atoms with E-state index in [1.807, 2.05) is 12.1 Å². The fourth-order valence-corrected chi connectivity index (χ4v) is 6.15. The summed E-state index contributed by atoms with van der Waals surface area (Å²) in [5.41, 5.74) is 6.02. The lowest BCUT2D eigenvalue weighted by Gasteiger charge is -2.43. The maximum absolute atomic E-state index is 13.6. The SMILES string of the molecule is C=C1CC[C@@H]2CCC3=C([C@@H](C/C(C)=C\[C@@H](O)C1)N(CCc1ccccc1)C3=O)C2(C)C. The summed E-state index contributed by atoms with van der Waals surface area (Å²) in [6.45, 7) is 11.8. The summed E-state index contributed by atoms with van der Waals surface area (Å²) in [6, 6.07) is 10.6. The Morgan fingerprint density at radius 1 is 1.13 bits per heavy atom. The average Bonchev–Trinajstić information content (AvgIpc) is 2.97. The molecule has 0 spiro atoms. The highest BCUT2D eigenvalue weighted by molar-refractivity contribution is 5.98. The third kappa shape index (κ3) is 4.43. The number of nitrogens with zero attached hydrogens (tertiary/aromatic N) is 1. The number of fused-ring (bicyclic) bond motifs is 1. The fraction of sp³-hybridized carbons (Fsp3) is 0.536. The Bertz CT molecular complexity index is 908. The molecule has 1 aromatic carbocycles. The van der Waals surface area contributed by atoms with Gasteiger partial charge in [-0.1, -0.05) is 68.0 Å². The van der Waals surface area contributed by atoms with Crippen molar-refractivity contribution in [1.82, 2.24) is 4.90 Å². The Morgan fingerprint density at radius 2 is 1.84 bits per heavy atom. The van der Waals surface area contributed by atoms with E-state index >= 15 is 0 Å². The molecule has 1 amide bonds. The van der Waals surface area contributed by atoms with E-state index in [0.29, 0.717) is 12.3 Å². The smallest absolute Gasteiger partial charge is 0.250 e. The Kier molecular flexibility index (Phi) is 6.25. The topological polar surface area (TPSA) is 40.5 Å². The molecule has 1 aliphatic heterocycles. The number of carbonyl (C=O) groups is 1. The highest BCUT2D eigenvalue weighted by atomic mass is 16.3. The number of aliphatic hydroxyl groups is 1. The molecule has 2 bridgehead atoms. The van der Waals surface area contributed by atoms with Gasteiger partial charge in [0.25, 0.3) is 0 Å². The van der Waals surface area contributed by atoms with Crippen LogP contribution in [-0.2, 0) is 11.2 Å². The summed E-state index contributed by atoms with van der Waals surface area (Å²) < 4.78 is 0. The van der Waals surface area contributed by atoms with E-state index in [9.17, 15) is 9.90 Å². The van der Waals surface area contributed by atoms with Crippen molar-refractivity contribution in [2.45, 2.75) is 77.9 Å². The van der Waals surface area contributed by atoms with Gasteiger partial charge in [-0.2, -0.15) is 0 Å². The van der Waals surface area contributed by atoms with Gasteiger partial charge in [0.2, 0.25) is 5.91 Å². The van der Waals surface area contributed by atoms with Crippen LogP contribution in [0.5, 0.6) is 0 Å². The monoisotopic (exact) mass is 419 g/mol. The quantitative estimate of drug-likeness (QED) is 0.647. The molecule has 3 atom stereocenters.